The molecule has 4 nitrogen and oxygen atoms in total. The number of halogens is 1. The summed E-state index contributed by atoms with van der Waals surface area (Å²) in [5.74, 6) is 0.613. The standard InChI is InChI=1S/C7H6IN3O/c1-12-6-2-4-5(3-9-6)10-11-7(4)8/h2-3H,1H3,(H,10,11). The van der Waals surface area contributed by atoms with E-state index in [4.69, 9.17) is 4.74 Å². The predicted octanol–water partition coefficient (Wildman–Crippen LogP) is 1.57. The van der Waals surface area contributed by atoms with Crippen LogP contribution in [0.15, 0.2) is 12.3 Å². The highest BCUT2D eigenvalue weighted by atomic mass is 127. The van der Waals surface area contributed by atoms with Gasteiger partial charge in [-0.05, 0) is 22.6 Å². The van der Waals surface area contributed by atoms with Gasteiger partial charge in [-0.3, -0.25) is 5.10 Å². The number of nitrogens with one attached hydrogen (secondary N) is 1. The van der Waals surface area contributed by atoms with Crippen molar-refractivity contribution in [3.05, 3.63) is 16.0 Å². The Hall–Kier alpha value is -0.850. The molecule has 0 aliphatic carbocycles. The molecule has 12 heavy (non-hydrogen) atoms. The molecule has 0 atom stereocenters. The van der Waals surface area contributed by atoms with Crippen molar-refractivity contribution in [2.75, 3.05) is 7.11 Å². The highest BCUT2D eigenvalue weighted by molar-refractivity contribution is 14.1. The molecule has 0 bridgehead atoms. The first-order valence-corrected chi connectivity index (χ1v) is 4.43. The van der Waals surface area contributed by atoms with Crippen molar-refractivity contribution < 1.29 is 4.74 Å². The summed E-state index contributed by atoms with van der Waals surface area (Å²) in [4.78, 5) is 4.03. The first-order valence-electron chi connectivity index (χ1n) is 3.35. The van der Waals surface area contributed by atoms with Crippen molar-refractivity contribution >= 4 is 33.5 Å². The maximum atomic E-state index is 4.99. The molecule has 2 aromatic rings. The smallest absolute Gasteiger partial charge is 0.213 e. The lowest BCUT2D eigenvalue weighted by Crippen LogP contribution is -1.85. The number of aromatic nitrogens is 3. The molecule has 0 aliphatic rings. The molecule has 0 saturated carbocycles. The molecule has 2 rings (SSSR count). The number of H-pyrrole nitrogens is 1. The summed E-state index contributed by atoms with van der Waals surface area (Å²) >= 11 is 2.18. The fourth-order valence-corrected chi connectivity index (χ4v) is 1.53. The van der Waals surface area contributed by atoms with E-state index < -0.39 is 0 Å². The Kier molecular flexibility index (Phi) is 1.87. The van der Waals surface area contributed by atoms with E-state index in [2.05, 4.69) is 37.8 Å². The third-order valence-corrected chi connectivity index (χ3v) is 2.40. The molecular weight excluding hydrogens is 269 g/mol. The van der Waals surface area contributed by atoms with E-state index >= 15 is 0 Å². The van der Waals surface area contributed by atoms with Gasteiger partial charge < -0.3 is 4.74 Å². The van der Waals surface area contributed by atoms with E-state index in [0.717, 1.165) is 14.6 Å². The van der Waals surface area contributed by atoms with E-state index in [1.165, 1.54) is 0 Å². The van der Waals surface area contributed by atoms with Crippen molar-refractivity contribution in [2.24, 2.45) is 0 Å². The molecule has 2 aromatic heterocycles. The molecule has 0 aliphatic heterocycles. The predicted molar refractivity (Wildman–Crippen MR) is 53.2 cm³/mol. The fraction of sp³-hybridized carbons (Fsp3) is 0.143. The van der Waals surface area contributed by atoms with Gasteiger partial charge in [0.25, 0.3) is 0 Å². The summed E-state index contributed by atoms with van der Waals surface area (Å²) in [6.07, 6.45) is 1.69. The molecule has 2 heterocycles. The van der Waals surface area contributed by atoms with Crippen molar-refractivity contribution in [3.8, 4) is 5.88 Å². The molecule has 0 amide bonds. The first-order chi connectivity index (χ1) is 5.81. The van der Waals surface area contributed by atoms with Gasteiger partial charge in [0.05, 0.1) is 13.3 Å². The van der Waals surface area contributed by atoms with Crippen LogP contribution in [0.2, 0.25) is 0 Å². The molecule has 5 heteroatoms. The van der Waals surface area contributed by atoms with Gasteiger partial charge in [-0.25, -0.2) is 4.98 Å². The number of hydrogen-bond acceptors (Lipinski definition) is 3. The van der Waals surface area contributed by atoms with E-state index in [0.29, 0.717) is 5.88 Å². The molecule has 0 saturated heterocycles. The van der Waals surface area contributed by atoms with Crippen molar-refractivity contribution in [1.29, 1.82) is 0 Å². The SMILES string of the molecule is COc1cc2c(I)[nH]nc2cn1. The molecule has 0 aromatic carbocycles. The zero-order chi connectivity index (χ0) is 8.55. The molecule has 0 radical (unpaired) electrons. The van der Waals surface area contributed by atoms with Crippen molar-refractivity contribution in [1.82, 2.24) is 15.2 Å². The molecular formula is C7H6IN3O. The van der Waals surface area contributed by atoms with Crippen molar-refractivity contribution in [2.45, 2.75) is 0 Å². The van der Waals surface area contributed by atoms with Gasteiger partial charge in [-0.15, -0.1) is 0 Å². The maximum absolute atomic E-state index is 4.99. The largest absolute Gasteiger partial charge is 0.481 e. The topological polar surface area (TPSA) is 50.8 Å². The Morgan fingerprint density at radius 2 is 2.42 bits per heavy atom. The lowest BCUT2D eigenvalue weighted by molar-refractivity contribution is 0.398. The molecule has 1 N–H and O–H groups in total. The van der Waals surface area contributed by atoms with E-state index in [1.807, 2.05) is 6.07 Å². The van der Waals surface area contributed by atoms with Crippen molar-refractivity contribution in [3.63, 3.8) is 0 Å². The number of ether oxygens (including phenoxy) is 1. The Morgan fingerprint density at radius 3 is 3.17 bits per heavy atom. The number of rotatable bonds is 1. The molecule has 0 fully saturated rings. The third kappa shape index (κ3) is 1.13. The average Bonchev–Trinajstić information content (AvgIpc) is 2.47. The van der Waals surface area contributed by atoms with E-state index in [9.17, 15) is 0 Å². The Bertz CT molecular complexity index is 412. The minimum Gasteiger partial charge on any atom is -0.481 e. The van der Waals surface area contributed by atoms with Gasteiger partial charge >= 0.3 is 0 Å². The number of aromatic amines is 1. The minimum absolute atomic E-state index is 0.613. The van der Waals surface area contributed by atoms with Crippen LogP contribution in [-0.4, -0.2) is 22.3 Å². The van der Waals surface area contributed by atoms with E-state index in [-0.39, 0.29) is 0 Å². The Morgan fingerprint density at radius 1 is 1.58 bits per heavy atom. The lowest BCUT2D eigenvalue weighted by atomic mass is 10.3. The lowest BCUT2D eigenvalue weighted by Gasteiger charge is -1.95. The zero-order valence-electron chi connectivity index (χ0n) is 6.34. The number of pyridine rings is 1. The number of hydrogen-bond donors (Lipinski definition) is 1. The molecule has 0 unspecified atom stereocenters. The number of methoxy groups -OCH3 is 1. The van der Waals surface area contributed by atoms with Crippen LogP contribution >= 0.6 is 22.6 Å². The first kappa shape index (κ1) is 7.78. The normalized spacial score (nSPS) is 10.5. The second kappa shape index (κ2) is 2.89. The number of fused-ring (bicyclic) bond motifs is 1. The third-order valence-electron chi connectivity index (χ3n) is 1.58. The van der Waals surface area contributed by atoms with Crippen LogP contribution in [0.25, 0.3) is 10.9 Å². The van der Waals surface area contributed by atoms with Crippen LogP contribution in [0, 0.1) is 3.70 Å². The van der Waals surface area contributed by atoms with E-state index in [1.54, 1.807) is 13.3 Å². The number of nitrogens with zero attached hydrogens (tertiary/aromatic N) is 2. The molecule has 0 spiro atoms. The van der Waals surface area contributed by atoms with Gasteiger partial charge in [-0.2, -0.15) is 5.10 Å². The van der Waals surface area contributed by atoms with Crippen LogP contribution in [0.4, 0.5) is 0 Å². The monoisotopic (exact) mass is 275 g/mol. The summed E-state index contributed by atoms with van der Waals surface area (Å²) < 4.78 is 5.99. The van der Waals surface area contributed by atoms with Gasteiger partial charge in [-0.1, -0.05) is 0 Å². The van der Waals surface area contributed by atoms with Crippen LogP contribution in [-0.2, 0) is 0 Å². The maximum Gasteiger partial charge on any atom is 0.213 e. The fourth-order valence-electron chi connectivity index (χ4n) is 0.975. The summed E-state index contributed by atoms with van der Waals surface area (Å²) in [6, 6.07) is 1.86. The zero-order valence-corrected chi connectivity index (χ0v) is 8.49. The highest BCUT2D eigenvalue weighted by Crippen LogP contribution is 2.20. The van der Waals surface area contributed by atoms with Crippen LogP contribution in [0.3, 0.4) is 0 Å². The summed E-state index contributed by atoms with van der Waals surface area (Å²) in [5, 5.41) is 7.96. The summed E-state index contributed by atoms with van der Waals surface area (Å²) in [7, 11) is 1.60. The van der Waals surface area contributed by atoms with Gasteiger partial charge in [0.15, 0.2) is 0 Å². The Labute approximate surface area is 82.5 Å². The minimum atomic E-state index is 0.613. The van der Waals surface area contributed by atoms with Crippen LogP contribution in [0.1, 0.15) is 0 Å². The second-order valence-corrected chi connectivity index (χ2v) is 3.36. The Balaban J connectivity index is 2.71. The highest BCUT2D eigenvalue weighted by Gasteiger charge is 2.03. The molecule has 62 valence electrons. The van der Waals surface area contributed by atoms with Gasteiger partial charge in [0.2, 0.25) is 5.88 Å². The van der Waals surface area contributed by atoms with Crippen LogP contribution < -0.4 is 4.74 Å². The quantitative estimate of drug-likeness (QED) is 0.804. The summed E-state index contributed by atoms with van der Waals surface area (Å²) in [5.41, 5.74) is 0.861. The second-order valence-electron chi connectivity index (χ2n) is 2.28. The van der Waals surface area contributed by atoms with Gasteiger partial charge in [0, 0.05) is 11.5 Å². The average molecular weight is 275 g/mol. The van der Waals surface area contributed by atoms with Crippen LogP contribution in [0.5, 0.6) is 5.88 Å². The summed E-state index contributed by atoms with van der Waals surface area (Å²) in [6.45, 7) is 0. The van der Waals surface area contributed by atoms with Gasteiger partial charge in [0.1, 0.15) is 9.22 Å².